The maximum absolute atomic E-state index is 9.44. The Kier molecular flexibility index (Phi) is 3.71. The fourth-order valence-electron chi connectivity index (χ4n) is 1.26. The van der Waals surface area contributed by atoms with Crippen LogP contribution >= 0.6 is 0 Å². The summed E-state index contributed by atoms with van der Waals surface area (Å²) in [5.74, 6) is 0.200. The fourth-order valence-corrected chi connectivity index (χ4v) is 1.26. The second-order valence-electron chi connectivity index (χ2n) is 3.16. The highest BCUT2D eigenvalue weighted by Crippen LogP contribution is 2.22. The van der Waals surface area contributed by atoms with Crippen molar-refractivity contribution in [2.45, 2.75) is 32.2 Å². The van der Waals surface area contributed by atoms with Crippen LogP contribution in [0.3, 0.4) is 0 Å². The third-order valence-corrected chi connectivity index (χ3v) is 2.04. The number of aromatic nitrogens is 1. The van der Waals surface area contributed by atoms with E-state index in [0.29, 0.717) is 5.69 Å². The first-order valence-electron chi connectivity index (χ1n) is 4.65. The van der Waals surface area contributed by atoms with Crippen LogP contribution in [-0.2, 0) is 0 Å². The minimum atomic E-state index is -0.138. The Bertz CT molecular complexity index is 263. The Morgan fingerprint density at radius 3 is 3.00 bits per heavy atom. The van der Waals surface area contributed by atoms with Gasteiger partial charge < -0.3 is 10.8 Å². The predicted molar refractivity (Wildman–Crippen MR) is 52.4 cm³/mol. The number of nitrogens with zero attached hydrogens (tertiary/aromatic N) is 1. The Hall–Kier alpha value is -1.09. The lowest BCUT2D eigenvalue weighted by molar-refractivity contribution is 0.450. The Balaban J connectivity index is 2.65. The van der Waals surface area contributed by atoms with Crippen molar-refractivity contribution in [1.82, 2.24) is 4.98 Å². The molecule has 0 radical (unpaired) electrons. The van der Waals surface area contributed by atoms with Gasteiger partial charge in [0, 0.05) is 6.20 Å². The van der Waals surface area contributed by atoms with E-state index in [9.17, 15) is 5.11 Å². The van der Waals surface area contributed by atoms with Crippen LogP contribution in [0.1, 0.15) is 37.9 Å². The maximum atomic E-state index is 9.44. The van der Waals surface area contributed by atoms with Crippen molar-refractivity contribution in [2.24, 2.45) is 5.73 Å². The topological polar surface area (TPSA) is 59.1 Å². The summed E-state index contributed by atoms with van der Waals surface area (Å²) in [6.07, 6.45) is 4.71. The van der Waals surface area contributed by atoms with Gasteiger partial charge in [-0.2, -0.15) is 0 Å². The number of hydrogen-bond donors (Lipinski definition) is 2. The molecular formula is C10H16N2O. The molecule has 0 spiro atoms. The standard InChI is InChI=1S/C10H16N2O/c1-2-3-5-8(11)10-9(13)6-4-7-12-10/h4,6-8,13H,2-3,5,11H2,1H3. The largest absolute Gasteiger partial charge is 0.506 e. The van der Waals surface area contributed by atoms with Gasteiger partial charge in [-0.3, -0.25) is 4.98 Å². The first-order chi connectivity index (χ1) is 6.25. The number of pyridine rings is 1. The Morgan fingerprint density at radius 1 is 1.62 bits per heavy atom. The molecule has 1 aromatic rings. The molecule has 0 aliphatic rings. The zero-order valence-electron chi connectivity index (χ0n) is 7.90. The van der Waals surface area contributed by atoms with Gasteiger partial charge in [0.1, 0.15) is 5.75 Å². The molecule has 72 valence electrons. The van der Waals surface area contributed by atoms with Gasteiger partial charge in [0.15, 0.2) is 0 Å². The fraction of sp³-hybridized carbons (Fsp3) is 0.500. The minimum absolute atomic E-state index is 0.138. The molecule has 1 aromatic heterocycles. The molecule has 0 fully saturated rings. The van der Waals surface area contributed by atoms with E-state index in [1.54, 1.807) is 18.3 Å². The summed E-state index contributed by atoms with van der Waals surface area (Å²) in [7, 11) is 0. The first-order valence-corrected chi connectivity index (χ1v) is 4.65. The lowest BCUT2D eigenvalue weighted by atomic mass is 10.1. The van der Waals surface area contributed by atoms with Gasteiger partial charge in [0.25, 0.3) is 0 Å². The summed E-state index contributed by atoms with van der Waals surface area (Å²) >= 11 is 0. The third-order valence-electron chi connectivity index (χ3n) is 2.04. The zero-order valence-corrected chi connectivity index (χ0v) is 7.90. The van der Waals surface area contributed by atoms with E-state index in [-0.39, 0.29) is 11.8 Å². The molecule has 3 heteroatoms. The SMILES string of the molecule is CCCCC(N)c1ncccc1O. The van der Waals surface area contributed by atoms with Crippen LogP contribution < -0.4 is 5.73 Å². The highest BCUT2D eigenvalue weighted by molar-refractivity contribution is 5.27. The molecule has 3 N–H and O–H groups in total. The predicted octanol–water partition coefficient (Wildman–Crippen LogP) is 1.98. The van der Waals surface area contributed by atoms with Gasteiger partial charge in [-0.25, -0.2) is 0 Å². The lowest BCUT2D eigenvalue weighted by Gasteiger charge is -2.11. The Labute approximate surface area is 78.6 Å². The molecular weight excluding hydrogens is 164 g/mol. The molecule has 13 heavy (non-hydrogen) atoms. The molecule has 3 nitrogen and oxygen atoms in total. The normalized spacial score (nSPS) is 12.8. The monoisotopic (exact) mass is 180 g/mol. The second kappa shape index (κ2) is 4.82. The van der Waals surface area contributed by atoms with Crippen LogP contribution in [0, 0.1) is 0 Å². The average molecular weight is 180 g/mol. The van der Waals surface area contributed by atoms with Crippen LogP contribution in [0.4, 0.5) is 0 Å². The molecule has 1 unspecified atom stereocenters. The van der Waals surface area contributed by atoms with Crippen LogP contribution in [0.5, 0.6) is 5.75 Å². The molecule has 0 saturated carbocycles. The third kappa shape index (κ3) is 2.70. The second-order valence-corrected chi connectivity index (χ2v) is 3.16. The Morgan fingerprint density at radius 2 is 2.38 bits per heavy atom. The summed E-state index contributed by atoms with van der Waals surface area (Å²) in [4.78, 5) is 4.06. The summed E-state index contributed by atoms with van der Waals surface area (Å²) in [5, 5.41) is 9.44. The minimum Gasteiger partial charge on any atom is -0.506 e. The molecule has 1 atom stereocenters. The summed E-state index contributed by atoms with van der Waals surface area (Å²) in [6.45, 7) is 2.12. The van der Waals surface area contributed by atoms with E-state index in [2.05, 4.69) is 11.9 Å². The molecule has 1 heterocycles. The molecule has 0 aliphatic heterocycles. The number of aromatic hydroxyl groups is 1. The van der Waals surface area contributed by atoms with Crippen molar-refractivity contribution in [3.8, 4) is 5.75 Å². The van der Waals surface area contributed by atoms with Gasteiger partial charge >= 0.3 is 0 Å². The first kappa shape index (κ1) is 9.99. The van der Waals surface area contributed by atoms with Crippen molar-refractivity contribution in [1.29, 1.82) is 0 Å². The quantitative estimate of drug-likeness (QED) is 0.744. The molecule has 0 saturated heterocycles. The highest BCUT2D eigenvalue weighted by Gasteiger charge is 2.10. The van der Waals surface area contributed by atoms with Crippen LogP contribution in [-0.4, -0.2) is 10.1 Å². The summed E-state index contributed by atoms with van der Waals surface area (Å²) in [5.41, 5.74) is 6.47. The van der Waals surface area contributed by atoms with E-state index < -0.39 is 0 Å². The van der Waals surface area contributed by atoms with Crippen molar-refractivity contribution in [2.75, 3.05) is 0 Å². The molecule has 0 amide bonds. The molecule has 0 aromatic carbocycles. The number of hydrogen-bond acceptors (Lipinski definition) is 3. The van der Waals surface area contributed by atoms with E-state index in [1.165, 1.54) is 0 Å². The lowest BCUT2D eigenvalue weighted by Crippen LogP contribution is -2.11. The van der Waals surface area contributed by atoms with Gasteiger partial charge in [-0.05, 0) is 18.6 Å². The van der Waals surface area contributed by atoms with Crippen molar-refractivity contribution >= 4 is 0 Å². The van der Waals surface area contributed by atoms with Crippen LogP contribution in [0.15, 0.2) is 18.3 Å². The van der Waals surface area contributed by atoms with Gasteiger partial charge in [0.2, 0.25) is 0 Å². The van der Waals surface area contributed by atoms with E-state index in [0.717, 1.165) is 19.3 Å². The van der Waals surface area contributed by atoms with Crippen molar-refractivity contribution in [3.63, 3.8) is 0 Å². The van der Waals surface area contributed by atoms with Gasteiger partial charge in [0.05, 0.1) is 11.7 Å². The van der Waals surface area contributed by atoms with Crippen LogP contribution in [0.2, 0.25) is 0 Å². The number of nitrogens with two attached hydrogens (primary N) is 1. The van der Waals surface area contributed by atoms with E-state index in [4.69, 9.17) is 5.73 Å². The molecule has 1 rings (SSSR count). The number of rotatable bonds is 4. The van der Waals surface area contributed by atoms with Crippen molar-refractivity contribution in [3.05, 3.63) is 24.0 Å². The van der Waals surface area contributed by atoms with E-state index >= 15 is 0 Å². The maximum Gasteiger partial charge on any atom is 0.138 e. The highest BCUT2D eigenvalue weighted by atomic mass is 16.3. The van der Waals surface area contributed by atoms with Gasteiger partial charge in [-0.15, -0.1) is 0 Å². The summed E-state index contributed by atoms with van der Waals surface area (Å²) < 4.78 is 0. The van der Waals surface area contributed by atoms with Gasteiger partial charge in [-0.1, -0.05) is 19.8 Å². The van der Waals surface area contributed by atoms with Crippen molar-refractivity contribution < 1.29 is 5.11 Å². The zero-order chi connectivity index (χ0) is 9.68. The number of unbranched alkanes of at least 4 members (excludes halogenated alkanes) is 1. The smallest absolute Gasteiger partial charge is 0.138 e. The summed E-state index contributed by atoms with van der Waals surface area (Å²) in [6, 6.07) is 3.18. The van der Waals surface area contributed by atoms with Crippen LogP contribution in [0.25, 0.3) is 0 Å². The molecule has 0 bridgehead atoms. The van der Waals surface area contributed by atoms with E-state index in [1.807, 2.05) is 0 Å². The molecule has 0 aliphatic carbocycles. The average Bonchev–Trinajstić information content (AvgIpc) is 2.15.